The molecule has 2 unspecified atom stereocenters. The molecular formula is C18H26N2O3. The van der Waals surface area contributed by atoms with Crippen molar-refractivity contribution in [2.24, 2.45) is 11.8 Å². The van der Waals surface area contributed by atoms with Crippen LogP contribution in [-0.2, 0) is 16.0 Å². The lowest BCUT2D eigenvalue weighted by atomic mass is 9.85. The van der Waals surface area contributed by atoms with Crippen molar-refractivity contribution >= 4 is 11.9 Å². The van der Waals surface area contributed by atoms with E-state index in [-0.39, 0.29) is 11.8 Å². The minimum absolute atomic E-state index is 0.175. The quantitative estimate of drug-likeness (QED) is 0.716. The van der Waals surface area contributed by atoms with Crippen LogP contribution < -0.4 is 10.6 Å². The van der Waals surface area contributed by atoms with Gasteiger partial charge < -0.3 is 15.7 Å². The van der Waals surface area contributed by atoms with Gasteiger partial charge in [0.15, 0.2) is 0 Å². The SMILES string of the molecule is CC(CC(=O)N[C@@H](Cc1ccccc1)C(=O)O)C1CCCNC1. The predicted molar refractivity (Wildman–Crippen MR) is 89.1 cm³/mol. The molecule has 126 valence electrons. The highest BCUT2D eigenvalue weighted by Gasteiger charge is 2.25. The van der Waals surface area contributed by atoms with E-state index in [2.05, 4.69) is 17.6 Å². The zero-order valence-electron chi connectivity index (χ0n) is 13.6. The van der Waals surface area contributed by atoms with E-state index in [1.807, 2.05) is 30.3 Å². The first kappa shape index (κ1) is 17.5. The first-order valence-electron chi connectivity index (χ1n) is 8.33. The molecule has 0 bridgehead atoms. The van der Waals surface area contributed by atoms with Crippen LogP contribution in [0, 0.1) is 11.8 Å². The van der Waals surface area contributed by atoms with E-state index in [1.165, 1.54) is 0 Å². The van der Waals surface area contributed by atoms with Crippen molar-refractivity contribution in [3.05, 3.63) is 35.9 Å². The molecule has 0 saturated carbocycles. The molecule has 3 N–H and O–H groups in total. The van der Waals surface area contributed by atoms with E-state index in [1.54, 1.807) is 0 Å². The molecule has 3 atom stereocenters. The highest BCUT2D eigenvalue weighted by atomic mass is 16.4. The van der Waals surface area contributed by atoms with Gasteiger partial charge in [-0.3, -0.25) is 4.79 Å². The number of benzene rings is 1. The van der Waals surface area contributed by atoms with Gasteiger partial charge in [0.05, 0.1) is 0 Å². The Morgan fingerprint density at radius 3 is 2.70 bits per heavy atom. The first-order valence-corrected chi connectivity index (χ1v) is 8.33. The maximum absolute atomic E-state index is 12.2. The zero-order valence-corrected chi connectivity index (χ0v) is 13.6. The highest BCUT2D eigenvalue weighted by molar-refractivity contribution is 5.83. The number of aliphatic carboxylic acids is 1. The third-order valence-electron chi connectivity index (χ3n) is 4.56. The van der Waals surface area contributed by atoms with Gasteiger partial charge in [0.2, 0.25) is 5.91 Å². The van der Waals surface area contributed by atoms with Crippen LogP contribution in [0.3, 0.4) is 0 Å². The molecule has 5 nitrogen and oxygen atoms in total. The lowest BCUT2D eigenvalue weighted by molar-refractivity contribution is -0.142. The largest absolute Gasteiger partial charge is 0.480 e. The molecule has 5 heteroatoms. The number of rotatable bonds is 7. The van der Waals surface area contributed by atoms with Crippen molar-refractivity contribution in [1.82, 2.24) is 10.6 Å². The van der Waals surface area contributed by atoms with Crippen molar-refractivity contribution in [2.75, 3.05) is 13.1 Å². The molecule has 0 aromatic heterocycles. The van der Waals surface area contributed by atoms with Crippen LogP contribution >= 0.6 is 0 Å². The normalized spacial score (nSPS) is 20.5. The second-order valence-corrected chi connectivity index (χ2v) is 6.44. The molecule has 0 radical (unpaired) electrons. The minimum Gasteiger partial charge on any atom is -0.480 e. The number of amides is 1. The van der Waals surface area contributed by atoms with Crippen molar-refractivity contribution < 1.29 is 14.7 Å². The van der Waals surface area contributed by atoms with Crippen molar-refractivity contribution in [3.63, 3.8) is 0 Å². The van der Waals surface area contributed by atoms with E-state index < -0.39 is 12.0 Å². The summed E-state index contributed by atoms with van der Waals surface area (Å²) in [5.74, 6) is -0.415. The summed E-state index contributed by atoms with van der Waals surface area (Å²) in [6, 6.07) is 8.50. The highest BCUT2D eigenvalue weighted by Crippen LogP contribution is 2.22. The Morgan fingerprint density at radius 1 is 1.35 bits per heavy atom. The fraction of sp³-hybridized carbons (Fsp3) is 0.556. The second-order valence-electron chi connectivity index (χ2n) is 6.44. The molecule has 1 heterocycles. The Morgan fingerprint density at radius 2 is 2.09 bits per heavy atom. The average molecular weight is 318 g/mol. The molecule has 2 rings (SSSR count). The van der Waals surface area contributed by atoms with E-state index in [0.717, 1.165) is 31.5 Å². The van der Waals surface area contributed by atoms with E-state index in [9.17, 15) is 14.7 Å². The maximum atomic E-state index is 12.2. The third kappa shape index (κ3) is 5.67. The fourth-order valence-electron chi connectivity index (χ4n) is 3.13. The van der Waals surface area contributed by atoms with E-state index in [0.29, 0.717) is 18.8 Å². The van der Waals surface area contributed by atoms with Gasteiger partial charge in [-0.2, -0.15) is 0 Å². The molecule has 1 aromatic carbocycles. The maximum Gasteiger partial charge on any atom is 0.326 e. The summed E-state index contributed by atoms with van der Waals surface area (Å²) in [4.78, 5) is 23.6. The standard InChI is InChI=1S/C18H26N2O3/c1-13(15-8-5-9-19-12-15)10-17(21)20-16(18(22)23)11-14-6-3-2-4-7-14/h2-4,6-7,13,15-16,19H,5,8-12H2,1H3,(H,20,21)(H,22,23)/t13?,15?,16-/m0/s1. The van der Waals surface area contributed by atoms with Gasteiger partial charge in [-0.25, -0.2) is 4.79 Å². The van der Waals surface area contributed by atoms with Crippen LogP contribution in [0.2, 0.25) is 0 Å². The van der Waals surface area contributed by atoms with Gasteiger partial charge in [-0.1, -0.05) is 37.3 Å². The molecule has 1 amide bonds. The lowest BCUT2D eigenvalue weighted by Crippen LogP contribution is -2.43. The number of carboxylic acids is 1. The summed E-state index contributed by atoms with van der Waals surface area (Å²) < 4.78 is 0. The van der Waals surface area contributed by atoms with Gasteiger partial charge in [0, 0.05) is 12.8 Å². The van der Waals surface area contributed by atoms with Crippen molar-refractivity contribution in [3.8, 4) is 0 Å². The molecule has 1 aliphatic heterocycles. The van der Waals surface area contributed by atoms with Crippen LogP contribution in [-0.4, -0.2) is 36.1 Å². The van der Waals surface area contributed by atoms with Crippen molar-refractivity contribution in [2.45, 2.75) is 38.6 Å². The van der Waals surface area contributed by atoms with Gasteiger partial charge in [-0.05, 0) is 43.3 Å². The summed E-state index contributed by atoms with van der Waals surface area (Å²) in [7, 11) is 0. The lowest BCUT2D eigenvalue weighted by Gasteiger charge is -2.28. The van der Waals surface area contributed by atoms with Crippen LogP contribution in [0.4, 0.5) is 0 Å². The molecule has 1 aliphatic rings. The number of carbonyl (C=O) groups excluding carboxylic acids is 1. The van der Waals surface area contributed by atoms with Crippen LogP contribution in [0.5, 0.6) is 0 Å². The van der Waals surface area contributed by atoms with Gasteiger partial charge in [0.1, 0.15) is 6.04 Å². The monoisotopic (exact) mass is 318 g/mol. The number of hydrogen-bond donors (Lipinski definition) is 3. The van der Waals surface area contributed by atoms with Gasteiger partial charge >= 0.3 is 5.97 Å². The average Bonchev–Trinajstić information content (AvgIpc) is 2.56. The van der Waals surface area contributed by atoms with Crippen molar-refractivity contribution in [1.29, 1.82) is 0 Å². The summed E-state index contributed by atoms with van der Waals surface area (Å²) in [5, 5.41) is 15.4. The number of carbonyl (C=O) groups is 2. The first-order chi connectivity index (χ1) is 11.1. The Labute approximate surface area is 137 Å². The Kier molecular flexibility index (Phi) is 6.59. The van der Waals surface area contributed by atoms with Gasteiger partial charge in [0.25, 0.3) is 0 Å². The van der Waals surface area contributed by atoms with E-state index in [4.69, 9.17) is 0 Å². The van der Waals surface area contributed by atoms with Crippen LogP contribution in [0.25, 0.3) is 0 Å². The van der Waals surface area contributed by atoms with Gasteiger partial charge in [-0.15, -0.1) is 0 Å². The number of nitrogens with one attached hydrogen (secondary N) is 2. The molecular weight excluding hydrogens is 292 g/mol. The predicted octanol–water partition coefficient (Wildman–Crippen LogP) is 1.82. The zero-order chi connectivity index (χ0) is 16.7. The Hall–Kier alpha value is -1.88. The fourth-order valence-corrected chi connectivity index (χ4v) is 3.13. The molecule has 0 spiro atoms. The molecule has 1 aromatic rings. The molecule has 0 aliphatic carbocycles. The third-order valence-corrected chi connectivity index (χ3v) is 4.56. The summed E-state index contributed by atoms with van der Waals surface area (Å²) in [6.45, 7) is 4.07. The van der Waals surface area contributed by atoms with Crippen LogP contribution in [0.1, 0.15) is 31.7 Å². The van der Waals surface area contributed by atoms with Crippen LogP contribution in [0.15, 0.2) is 30.3 Å². The van der Waals surface area contributed by atoms with E-state index >= 15 is 0 Å². The summed E-state index contributed by atoms with van der Waals surface area (Å²) >= 11 is 0. The summed E-state index contributed by atoms with van der Waals surface area (Å²) in [5.41, 5.74) is 0.907. The smallest absolute Gasteiger partial charge is 0.326 e. The second kappa shape index (κ2) is 8.67. The molecule has 23 heavy (non-hydrogen) atoms. The Bertz CT molecular complexity index is 512. The number of carboxylic acid groups (broad SMARTS) is 1. The Balaban J connectivity index is 1.86. The minimum atomic E-state index is -0.991. The number of hydrogen-bond acceptors (Lipinski definition) is 3. The summed E-state index contributed by atoms with van der Waals surface area (Å²) in [6.07, 6.45) is 2.96. The number of piperidine rings is 1. The molecule has 1 fully saturated rings. The molecule has 1 saturated heterocycles. The topological polar surface area (TPSA) is 78.4 Å².